The molecule has 1 heterocycles. The van der Waals surface area contributed by atoms with E-state index in [1.165, 1.54) is 63.8 Å². The van der Waals surface area contributed by atoms with Crippen molar-refractivity contribution < 1.29 is 0 Å². The van der Waals surface area contributed by atoms with Crippen molar-refractivity contribution in [3.63, 3.8) is 0 Å². The highest BCUT2D eigenvalue weighted by Gasteiger charge is 2.37. The van der Waals surface area contributed by atoms with Gasteiger partial charge in [0.15, 0.2) is 0 Å². The highest BCUT2D eigenvalue weighted by molar-refractivity contribution is 5.27. The highest BCUT2D eigenvalue weighted by Crippen LogP contribution is 2.40. The lowest BCUT2D eigenvalue weighted by molar-refractivity contribution is 0.225. The maximum absolute atomic E-state index is 3.72. The van der Waals surface area contributed by atoms with Crippen LogP contribution in [0.1, 0.15) is 43.6 Å². The van der Waals surface area contributed by atoms with Crippen molar-refractivity contribution in [1.29, 1.82) is 0 Å². The molecule has 0 bridgehead atoms. The van der Waals surface area contributed by atoms with Gasteiger partial charge in [0.05, 0.1) is 0 Å². The van der Waals surface area contributed by atoms with Gasteiger partial charge in [-0.25, -0.2) is 0 Å². The van der Waals surface area contributed by atoms with Crippen molar-refractivity contribution in [1.82, 2.24) is 10.2 Å². The Morgan fingerprint density at radius 3 is 2.63 bits per heavy atom. The van der Waals surface area contributed by atoms with Crippen molar-refractivity contribution >= 4 is 0 Å². The molecule has 1 aromatic carbocycles. The summed E-state index contributed by atoms with van der Waals surface area (Å²) in [7, 11) is 0. The second-order valence-electron chi connectivity index (χ2n) is 6.07. The zero-order valence-corrected chi connectivity index (χ0v) is 11.9. The molecule has 0 amide bonds. The summed E-state index contributed by atoms with van der Waals surface area (Å²) in [5.41, 5.74) is 1.51. The highest BCUT2D eigenvalue weighted by atomic mass is 15.1. The summed E-state index contributed by atoms with van der Waals surface area (Å²) in [6, 6.07) is 11.7. The van der Waals surface area contributed by atoms with Gasteiger partial charge in [-0.15, -0.1) is 0 Å². The van der Waals surface area contributed by atoms with Crippen molar-refractivity contribution in [3.8, 4) is 0 Å². The number of hydrogen-bond donors (Lipinski definition) is 1. The number of piperidine rings is 1. The van der Waals surface area contributed by atoms with E-state index in [4.69, 9.17) is 0 Å². The van der Waals surface area contributed by atoms with Gasteiger partial charge in [-0.1, -0.05) is 36.8 Å². The zero-order valence-electron chi connectivity index (χ0n) is 11.9. The second kappa shape index (κ2) is 6.53. The van der Waals surface area contributed by atoms with Crippen LogP contribution in [0.5, 0.6) is 0 Å². The van der Waals surface area contributed by atoms with Crippen LogP contribution in [0.3, 0.4) is 0 Å². The molecule has 1 aliphatic carbocycles. The Kier molecular flexibility index (Phi) is 4.52. The fourth-order valence-corrected chi connectivity index (χ4v) is 3.26. The van der Waals surface area contributed by atoms with Gasteiger partial charge in [-0.05, 0) is 57.4 Å². The minimum absolute atomic E-state index is 0.740. The third kappa shape index (κ3) is 3.80. The van der Waals surface area contributed by atoms with Crippen LogP contribution in [-0.4, -0.2) is 37.1 Å². The Labute approximate surface area is 117 Å². The molecule has 1 saturated carbocycles. The number of benzene rings is 1. The largest absolute Gasteiger partial charge is 0.313 e. The van der Waals surface area contributed by atoms with Crippen LogP contribution in [0.2, 0.25) is 0 Å². The molecule has 1 N–H and O–H groups in total. The van der Waals surface area contributed by atoms with E-state index in [9.17, 15) is 0 Å². The topological polar surface area (TPSA) is 15.3 Å². The van der Waals surface area contributed by atoms with Crippen LogP contribution in [0.15, 0.2) is 30.3 Å². The summed E-state index contributed by atoms with van der Waals surface area (Å²) in [6.07, 6.45) is 6.89. The average molecular weight is 258 g/mol. The molecule has 0 radical (unpaired) electrons. The summed E-state index contributed by atoms with van der Waals surface area (Å²) >= 11 is 0. The second-order valence-corrected chi connectivity index (χ2v) is 6.07. The summed E-state index contributed by atoms with van der Waals surface area (Å²) in [4.78, 5) is 2.63. The summed E-state index contributed by atoms with van der Waals surface area (Å²) in [6.45, 7) is 5.13. The molecule has 2 heteroatoms. The van der Waals surface area contributed by atoms with E-state index in [1.807, 2.05) is 0 Å². The van der Waals surface area contributed by atoms with Gasteiger partial charge in [0.2, 0.25) is 0 Å². The molecule has 0 aromatic heterocycles. The molecule has 2 unspecified atom stereocenters. The van der Waals surface area contributed by atoms with Crippen LogP contribution < -0.4 is 5.32 Å². The summed E-state index contributed by atoms with van der Waals surface area (Å²) < 4.78 is 0. The van der Waals surface area contributed by atoms with Crippen molar-refractivity contribution in [2.45, 2.75) is 44.1 Å². The Bertz CT molecular complexity index is 370. The number of nitrogens with zero attached hydrogens (tertiary/aromatic N) is 1. The molecular formula is C17H26N2. The van der Waals surface area contributed by atoms with E-state index < -0.39 is 0 Å². The minimum atomic E-state index is 0.740. The van der Waals surface area contributed by atoms with E-state index in [-0.39, 0.29) is 0 Å². The summed E-state index contributed by atoms with van der Waals surface area (Å²) in [5, 5.41) is 3.72. The fourth-order valence-electron chi connectivity index (χ4n) is 3.26. The van der Waals surface area contributed by atoms with Gasteiger partial charge in [0, 0.05) is 12.0 Å². The Balaban J connectivity index is 1.30. The van der Waals surface area contributed by atoms with Crippen molar-refractivity contribution in [2.75, 3.05) is 26.2 Å². The van der Waals surface area contributed by atoms with Gasteiger partial charge in [-0.2, -0.15) is 0 Å². The number of likely N-dealkylation sites (tertiary alicyclic amines) is 1. The molecule has 1 saturated heterocycles. The first-order valence-electron chi connectivity index (χ1n) is 7.94. The standard InChI is InChI=1S/C17H26N2/c1-3-8-15(9-4-1)16-14-17(16)18-10-7-13-19-11-5-2-6-12-19/h1,3-4,8-9,16-18H,2,5-7,10-14H2. The van der Waals surface area contributed by atoms with Crippen LogP contribution in [-0.2, 0) is 0 Å². The van der Waals surface area contributed by atoms with E-state index in [2.05, 4.69) is 40.5 Å². The third-order valence-corrected chi connectivity index (χ3v) is 4.52. The normalized spacial score (nSPS) is 27.4. The van der Waals surface area contributed by atoms with Gasteiger partial charge in [0.25, 0.3) is 0 Å². The quantitative estimate of drug-likeness (QED) is 0.789. The molecule has 2 atom stereocenters. The monoisotopic (exact) mass is 258 g/mol. The van der Waals surface area contributed by atoms with E-state index in [0.29, 0.717) is 0 Å². The zero-order chi connectivity index (χ0) is 12.9. The van der Waals surface area contributed by atoms with E-state index in [1.54, 1.807) is 0 Å². The van der Waals surface area contributed by atoms with Crippen LogP contribution in [0.25, 0.3) is 0 Å². The first-order valence-corrected chi connectivity index (χ1v) is 7.94. The molecule has 2 nitrogen and oxygen atoms in total. The van der Waals surface area contributed by atoms with Gasteiger partial charge < -0.3 is 10.2 Å². The van der Waals surface area contributed by atoms with Crippen LogP contribution >= 0.6 is 0 Å². The molecule has 19 heavy (non-hydrogen) atoms. The van der Waals surface area contributed by atoms with E-state index in [0.717, 1.165) is 12.0 Å². The maximum atomic E-state index is 3.72. The smallest absolute Gasteiger partial charge is 0.0143 e. The molecule has 0 spiro atoms. The molecule has 2 aliphatic rings. The predicted molar refractivity (Wildman–Crippen MR) is 80.5 cm³/mol. The molecular weight excluding hydrogens is 232 g/mol. The first kappa shape index (κ1) is 13.1. The van der Waals surface area contributed by atoms with Gasteiger partial charge in [0.1, 0.15) is 0 Å². The molecule has 2 fully saturated rings. The lowest BCUT2D eigenvalue weighted by Crippen LogP contribution is -2.32. The first-order chi connectivity index (χ1) is 9.43. The summed E-state index contributed by atoms with van der Waals surface area (Å²) in [5.74, 6) is 0.774. The number of rotatable bonds is 6. The lowest BCUT2D eigenvalue weighted by atomic mass is 10.1. The Morgan fingerprint density at radius 1 is 1.05 bits per heavy atom. The minimum Gasteiger partial charge on any atom is -0.313 e. The van der Waals surface area contributed by atoms with Crippen LogP contribution in [0.4, 0.5) is 0 Å². The Hall–Kier alpha value is -0.860. The van der Waals surface area contributed by atoms with Crippen LogP contribution in [0, 0.1) is 0 Å². The fraction of sp³-hybridized carbons (Fsp3) is 0.647. The maximum Gasteiger partial charge on any atom is 0.0143 e. The third-order valence-electron chi connectivity index (χ3n) is 4.52. The van der Waals surface area contributed by atoms with Crippen molar-refractivity contribution in [2.24, 2.45) is 0 Å². The molecule has 1 aromatic rings. The molecule has 3 rings (SSSR count). The number of nitrogens with one attached hydrogen (secondary N) is 1. The Morgan fingerprint density at radius 2 is 1.84 bits per heavy atom. The van der Waals surface area contributed by atoms with Gasteiger partial charge in [-0.3, -0.25) is 0 Å². The molecule has 1 aliphatic heterocycles. The molecule has 104 valence electrons. The lowest BCUT2D eigenvalue weighted by Gasteiger charge is -2.26. The average Bonchev–Trinajstić information content (AvgIpc) is 3.25. The van der Waals surface area contributed by atoms with Crippen molar-refractivity contribution in [3.05, 3.63) is 35.9 Å². The SMILES string of the molecule is c1ccc(C2CC2NCCCN2CCCCC2)cc1. The number of hydrogen-bond acceptors (Lipinski definition) is 2. The van der Waals surface area contributed by atoms with E-state index >= 15 is 0 Å². The predicted octanol–water partition coefficient (Wildman–Crippen LogP) is 3.01. The van der Waals surface area contributed by atoms with Gasteiger partial charge >= 0.3 is 0 Å².